The molecule has 0 spiro atoms. The summed E-state index contributed by atoms with van der Waals surface area (Å²) in [4.78, 5) is 21.5. The van der Waals surface area contributed by atoms with Crippen molar-refractivity contribution in [3.05, 3.63) is 23.3 Å². The lowest BCUT2D eigenvalue weighted by atomic mass is 9.80. The number of aromatic nitrogens is 2. The van der Waals surface area contributed by atoms with Gasteiger partial charge in [-0.05, 0) is 44.6 Å². The molecule has 3 rings (SSSR count). The van der Waals surface area contributed by atoms with Crippen LogP contribution in [0.5, 0.6) is 0 Å². The first-order chi connectivity index (χ1) is 10.6. The van der Waals surface area contributed by atoms with Crippen molar-refractivity contribution in [3.63, 3.8) is 0 Å². The Morgan fingerprint density at radius 2 is 2.13 bits per heavy atom. The number of halogens is 1. The molecule has 1 atom stereocenters. The van der Waals surface area contributed by atoms with Gasteiger partial charge >= 0.3 is 0 Å². The lowest BCUT2D eigenvalue weighted by Crippen LogP contribution is -2.56. The molecule has 0 aromatic carbocycles. The molecule has 1 saturated carbocycles. The number of aryl methyl sites for hydroxylation is 2. The number of hydrogen-bond donors (Lipinski definition) is 2. The summed E-state index contributed by atoms with van der Waals surface area (Å²) in [6.07, 6.45) is 9.99. The monoisotopic (exact) mass is 338 g/mol. The molecular weight excluding hydrogens is 312 g/mol. The van der Waals surface area contributed by atoms with Crippen LogP contribution in [-0.4, -0.2) is 28.0 Å². The standard InChI is InChI=1S/C17H26N4O.ClH/c1-12-19-10-14-9-13(5-6-15(14)20-12)16(22)21-17(11-18)7-3-2-4-8-17;/h10,13H,2-9,11,18H2,1H3,(H,21,22);1H. The molecule has 0 aliphatic heterocycles. The van der Waals surface area contributed by atoms with Crippen LogP contribution in [0.25, 0.3) is 0 Å². The van der Waals surface area contributed by atoms with Crippen LogP contribution >= 0.6 is 12.4 Å². The Kier molecular flexibility index (Phi) is 5.98. The number of nitrogens with two attached hydrogens (primary N) is 1. The molecule has 6 heteroatoms. The summed E-state index contributed by atoms with van der Waals surface area (Å²) in [7, 11) is 0. The molecule has 1 heterocycles. The summed E-state index contributed by atoms with van der Waals surface area (Å²) in [5.74, 6) is 1.01. The molecule has 2 aliphatic carbocycles. The SMILES string of the molecule is Cc1ncc2c(n1)CCC(C(=O)NC1(CN)CCCCC1)C2.Cl. The van der Waals surface area contributed by atoms with Gasteiger partial charge in [0.25, 0.3) is 0 Å². The van der Waals surface area contributed by atoms with Crippen LogP contribution in [0.1, 0.15) is 55.6 Å². The normalized spacial score (nSPS) is 22.6. The van der Waals surface area contributed by atoms with Crippen molar-refractivity contribution in [3.8, 4) is 0 Å². The Morgan fingerprint density at radius 1 is 1.39 bits per heavy atom. The highest BCUT2D eigenvalue weighted by Gasteiger charge is 2.35. The average Bonchev–Trinajstić information content (AvgIpc) is 2.55. The van der Waals surface area contributed by atoms with Gasteiger partial charge in [0.1, 0.15) is 5.82 Å². The minimum atomic E-state index is -0.167. The van der Waals surface area contributed by atoms with Crippen LogP contribution in [0.15, 0.2) is 6.20 Å². The van der Waals surface area contributed by atoms with Gasteiger partial charge in [0, 0.05) is 24.4 Å². The molecule has 0 radical (unpaired) electrons. The number of carbonyl (C=O) groups is 1. The molecule has 5 nitrogen and oxygen atoms in total. The molecule has 1 unspecified atom stereocenters. The zero-order chi connectivity index (χ0) is 15.6. The van der Waals surface area contributed by atoms with Crippen molar-refractivity contribution in [1.82, 2.24) is 15.3 Å². The third kappa shape index (κ3) is 4.01. The van der Waals surface area contributed by atoms with Gasteiger partial charge in [-0.2, -0.15) is 0 Å². The van der Waals surface area contributed by atoms with Gasteiger partial charge < -0.3 is 11.1 Å². The minimum absolute atomic E-state index is 0. The second-order valence-electron chi connectivity index (χ2n) is 6.86. The van der Waals surface area contributed by atoms with Crippen molar-refractivity contribution in [2.24, 2.45) is 11.7 Å². The largest absolute Gasteiger partial charge is 0.349 e. The van der Waals surface area contributed by atoms with E-state index in [4.69, 9.17) is 5.73 Å². The zero-order valence-electron chi connectivity index (χ0n) is 13.8. The van der Waals surface area contributed by atoms with E-state index < -0.39 is 0 Å². The van der Waals surface area contributed by atoms with E-state index in [1.54, 1.807) is 0 Å². The first-order valence-corrected chi connectivity index (χ1v) is 8.45. The van der Waals surface area contributed by atoms with Gasteiger partial charge in [0.15, 0.2) is 0 Å². The number of hydrogen-bond acceptors (Lipinski definition) is 4. The van der Waals surface area contributed by atoms with Gasteiger partial charge in [-0.25, -0.2) is 9.97 Å². The Labute approximate surface area is 144 Å². The van der Waals surface area contributed by atoms with E-state index in [1.165, 1.54) is 6.42 Å². The fourth-order valence-electron chi connectivity index (χ4n) is 3.80. The van der Waals surface area contributed by atoms with Crippen molar-refractivity contribution in [2.75, 3.05) is 6.54 Å². The summed E-state index contributed by atoms with van der Waals surface area (Å²) >= 11 is 0. The topological polar surface area (TPSA) is 80.9 Å². The number of rotatable bonds is 3. The first-order valence-electron chi connectivity index (χ1n) is 8.45. The van der Waals surface area contributed by atoms with Crippen LogP contribution in [0.2, 0.25) is 0 Å². The molecular formula is C17H27ClN4O. The number of amides is 1. The van der Waals surface area contributed by atoms with Gasteiger partial charge in [-0.1, -0.05) is 19.3 Å². The van der Waals surface area contributed by atoms with Crippen molar-refractivity contribution >= 4 is 18.3 Å². The van der Waals surface area contributed by atoms with E-state index in [-0.39, 0.29) is 29.8 Å². The second kappa shape index (κ2) is 7.58. The van der Waals surface area contributed by atoms with Crippen molar-refractivity contribution in [1.29, 1.82) is 0 Å². The third-order valence-corrected chi connectivity index (χ3v) is 5.23. The highest BCUT2D eigenvalue weighted by Crippen LogP contribution is 2.29. The predicted molar refractivity (Wildman–Crippen MR) is 92.5 cm³/mol. The van der Waals surface area contributed by atoms with Crippen LogP contribution in [0.4, 0.5) is 0 Å². The quantitative estimate of drug-likeness (QED) is 0.884. The summed E-state index contributed by atoms with van der Waals surface area (Å²) < 4.78 is 0. The molecule has 128 valence electrons. The molecule has 23 heavy (non-hydrogen) atoms. The summed E-state index contributed by atoms with van der Waals surface area (Å²) in [5, 5.41) is 3.29. The minimum Gasteiger partial charge on any atom is -0.349 e. The Hall–Kier alpha value is -1.20. The number of nitrogens with one attached hydrogen (secondary N) is 1. The van der Waals surface area contributed by atoms with Crippen molar-refractivity contribution < 1.29 is 4.79 Å². The molecule has 2 aliphatic rings. The molecule has 0 bridgehead atoms. The Balaban J connectivity index is 0.00000192. The van der Waals surface area contributed by atoms with Crippen LogP contribution in [0.3, 0.4) is 0 Å². The van der Waals surface area contributed by atoms with E-state index in [9.17, 15) is 4.79 Å². The van der Waals surface area contributed by atoms with E-state index in [0.29, 0.717) is 6.54 Å². The fraction of sp³-hybridized carbons (Fsp3) is 0.706. The number of fused-ring (bicyclic) bond motifs is 1. The van der Waals surface area contributed by atoms with Crippen LogP contribution < -0.4 is 11.1 Å². The Bertz CT molecular complexity index is 558. The molecule has 1 amide bonds. The smallest absolute Gasteiger partial charge is 0.223 e. The van der Waals surface area contributed by atoms with E-state index >= 15 is 0 Å². The highest BCUT2D eigenvalue weighted by atomic mass is 35.5. The average molecular weight is 339 g/mol. The molecule has 1 aromatic heterocycles. The maximum Gasteiger partial charge on any atom is 0.223 e. The summed E-state index contributed by atoms with van der Waals surface area (Å²) in [5.41, 5.74) is 8.05. The molecule has 0 saturated heterocycles. The second-order valence-corrected chi connectivity index (χ2v) is 6.86. The highest BCUT2D eigenvalue weighted by molar-refractivity contribution is 5.85. The van der Waals surface area contributed by atoms with Crippen LogP contribution in [0, 0.1) is 12.8 Å². The molecule has 1 fully saturated rings. The van der Waals surface area contributed by atoms with Crippen LogP contribution in [-0.2, 0) is 17.6 Å². The maximum atomic E-state index is 12.7. The first kappa shape index (κ1) is 18.1. The lowest BCUT2D eigenvalue weighted by Gasteiger charge is -2.38. The molecule has 1 aromatic rings. The third-order valence-electron chi connectivity index (χ3n) is 5.23. The van der Waals surface area contributed by atoms with Gasteiger partial charge in [0.2, 0.25) is 5.91 Å². The van der Waals surface area contributed by atoms with E-state index in [2.05, 4.69) is 15.3 Å². The van der Waals surface area contributed by atoms with Gasteiger partial charge in [-0.15, -0.1) is 12.4 Å². The number of nitrogens with zero attached hydrogens (tertiary/aromatic N) is 2. The fourth-order valence-corrected chi connectivity index (χ4v) is 3.80. The summed E-state index contributed by atoms with van der Waals surface area (Å²) in [6.45, 7) is 2.46. The van der Waals surface area contributed by atoms with Crippen molar-refractivity contribution in [2.45, 2.75) is 63.8 Å². The Morgan fingerprint density at radius 3 is 2.83 bits per heavy atom. The summed E-state index contributed by atoms with van der Waals surface area (Å²) in [6, 6.07) is 0. The van der Waals surface area contributed by atoms with Gasteiger partial charge in [-0.3, -0.25) is 4.79 Å². The lowest BCUT2D eigenvalue weighted by molar-refractivity contribution is -0.127. The van der Waals surface area contributed by atoms with E-state index in [0.717, 1.165) is 62.0 Å². The predicted octanol–water partition coefficient (Wildman–Crippen LogP) is 2.09. The van der Waals surface area contributed by atoms with E-state index in [1.807, 2.05) is 13.1 Å². The zero-order valence-corrected chi connectivity index (χ0v) is 14.6. The molecule has 3 N–H and O–H groups in total. The maximum absolute atomic E-state index is 12.7. The van der Waals surface area contributed by atoms with Gasteiger partial charge in [0.05, 0.1) is 5.54 Å². The number of carbonyl (C=O) groups excluding carboxylic acids is 1.